The van der Waals surface area contributed by atoms with Crippen LogP contribution in [0.25, 0.3) is 10.9 Å². The normalized spacial score (nSPS) is 21.8. The number of hydrogen-bond donors (Lipinski definition) is 1. The molecule has 5 nitrogen and oxygen atoms in total. The second-order valence-electron chi connectivity index (χ2n) is 5.95. The highest BCUT2D eigenvalue weighted by atomic mass is 16.4. The van der Waals surface area contributed by atoms with E-state index in [1.165, 1.54) is 0 Å². The Bertz CT molecular complexity index is 742. The number of aromatic nitrogens is 1. The van der Waals surface area contributed by atoms with Crippen LogP contribution in [-0.4, -0.2) is 32.9 Å². The number of amides is 1. The minimum Gasteiger partial charge on any atom is -0.481 e. The highest BCUT2D eigenvalue weighted by Gasteiger charge is 2.45. The topological polar surface area (TPSA) is 70.5 Å². The molecule has 22 heavy (non-hydrogen) atoms. The molecule has 1 aliphatic rings. The van der Waals surface area contributed by atoms with Crippen LogP contribution in [-0.2, 0) is 9.59 Å². The quantitative estimate of drug-likeness (QED) is 0.945. The SMILES string of the molecule is CC(C)N1C(=O)C[C@@H](C(=O)O)[C@H]1c1cnc2ccccc2c1. The molecule has 1 amide bonds. The smallest absolute Gasteiger partial charge is 0.309 e. The van der Waals surface area contributed by atoms with Crippen LogP contribution in [0.5, 0.6) is 0 Å². The number of fused-ring (bicyclic) bond motifs is 1. The van der Waals surface area contributed by atoms with E-state index < -0.39 is 17.9 Å². The fraction of sp³-hybridized carbons (Fsp3) is 0.353. The van der Waals surface area contributed by atoms with Gasteiger partial charge in [0.05, 0.1) is 17.5 Å². The number of rotatable bonds is 3. The van der Waals surface area contributed by atoms with Crippen LogP contribution in [0.4, 0.5) is 0 Å². The van der Waals surface area contributed by atoms with Gasteiger partial charge in [0.2, 0.25) is 5.91 Å². The van der Waals surface area contributed by atoms with E-state index in [2.05, 4.69) is 4.98 Å². The van der Waals surface area contributed by atoms with Crippen molar-refractivity contribution < 1.29 is 14.7 Å². The maximum Gasteiger partial charge on any atom is 0.309 e. The van der Waals surface area contributed by atoms with Crippen molar-refractivity contribution >= 4 is 22.8 Å². The average molecular weight is 298 g/mol. The molecule has 0 bridgehead atoms. The minimum atomic E-state index is -0.936. The van der Waals surface area contributed by atoms with E-state index in [1.54, 1.807) is 11.1 Å². The Balaban J connectivity index is 2.10. The molecule has 1 aromatic heterocycles. The van der Waals surface area contributed by atoms with Gasteiger partial charge in [-0.15, -0.1) is 0 Å². The lowest BCUT2D eigenvalue weighted by atomic mass is 9.93. The average Bonchev–Trinajstić information content (AvgIpc) is 2.84. The van der Waals surface area contributed by atoms with E-state index in [0.29, 0.717) is 0 Å². The Hall–Kier alpha value is -2.43. The van der Waals surface area contributed by atoms with Gasteiger partial charge in [-0.1, -0.05) is 18.2 Å². The molecule has 0 spiro atoms. The Labute approximate surface area is 128 Å². The molecule has 2 aromatic rings. The fourth-order valence-corrected chi connectivity index (χ4v) is 3.23. The second kappa shape index (κ2) is 5.40. The predicted octanol–water partition coefficient (Wildman–Crippen LogP) is 2.62. The summed E-state index contributed by atoms with van der Waals surface area (Å²) in [7, 11) is 0. The number of benzene rings is 1. The lowest BCUT2D eigenvalue weighted by Crippen LogP contribution is -2.36. The highest BCUT2D eigenvalue weighted by molar-refractivity contribution is 5.88. The summed E-state index contributed by atoms with van der Waals surface area (Å²) in [6, 6.07) is 9.12. The molecule has 2 heterocycles. The molecule has 1 saturated heterocycles. The van der Waals surface area contributed by atoms with E-state index >= 15 is 0 Å². The summed E-state index contributed by atoms with van der Waals surface area (Å²) in [5.41, 5.74) is 1.64. The fourth-order valence-electron chi connectivity index (χ4n) is 3.23. The number of para-hydroxylation sites is 1. The lowest BCUT2D eigenvalue weighted by molar-refractivity contribution is -0.142. The van der Waals surface area contributed by atoms with Crippen LogP contribution in [0, 0.1) is 5.92 Å². The van der Waals surface area contributed by atoms with E-state index in [-0.39, 0.29) is 18.4 Å². The van der Waals surface area contributed by atoms with Crippen LogP contribution in [0.2, 0.25) is 0 Å². The number of carbonyl (C=O) groups excluding carboxylic acids is 1. The van der Waals surface area contributed by atoms with Crippen molar-refractivity contribution in [2.24, 2.45) is 5.92 Å². The van der Waals surface area contributed by atoms with Crippen molar-refractivity contribution in [1.82, 2.24) is 9.88 Å². The first kappa shape index (κ1) is 14.5. The van der Waals surface area contributed by atoms with Gasteiger partial charge < -0.3 is 10.0 Å². The van der Waals surface area contributed by atoms with Gasteiger partial charge in [0, 0.05) is 24.0 Å². The number of nitrogens with zero attached hydrogens (tertiary/aromatic N) is 2. The van der Waals surface area contributed by atoms with Gasteiger partial charge in [0.15, 0.2) is 0 Å². The first-order valence-electron chi connectivity index (χ1n) is 7.37. The van der Waals surface area contributed by atoms with Crippen LogP contribution >= 0.6 is 0 Å². The van der Waals surface area contributed by atoms with Crippen molar-refractivity contribution in [2.45, 2.75) is 32.4 Å². The molecule has 0 unspecified atom stereocenters. The maximum atomic E-state index is 12.2. The highest BCUT2D eigenvalue weighted by Crippen LogP contribution is 2.40. The molecule has 0 radical (unpaired) electrons. The van der Waals surface area contributed by atoms with Crippen LogP contribution in [0.3, 0.4) is 0 Å². The summed E-state index contributed by atoms with van der Waals surface area (Å²) in [5, 5.41) is 10.4. The molecule has 5 heteroatoms. The Morgan fingerprint density at radius 3 is 2.77 bits per heavy atom. The molecule has 2 atom stereocenters. The molecule has 1 N–H and O–H groups in total. The van der Waals surface area contributed by atoms with Crippen molar-refractivity contribution in [1.29, 1.82) is 0 Å². The largest absolute Gasteiger partial charge is 0.481 e. The van der Waals surface area contributed by atoms with Gasteiger partial charge in [0.1, 0.15) is 0 Å². The van der Waals surface area contributed by atoms with Gasteiger partial charge in [-0.05, 0) is 31.5 Å². The summed E-state index contributed by atoms with van der Waals surface area (Å²) < 4.78 is 0. The van der Waals surface area contributed by atoms with E-state index in [1.807, 2.05) is 44.2 Å². The third-order valence-electron chi connectivity index (χ3n) is 4.19. The number of likely N-dealkylation sites (tertiary alicyclic amines) is 1. The molecule has 3 rings (SSSR count). The minimum absolute atomic E-state index is 0.0466. The Kier molecular flexibility index (Phi) is 3.56. The lowest BCUT2D eigenvalue weighted by Gasteiger charge is -2.30. The van der Waals surface area contributed by atoms with Gasteiger partial charge >= 0.3 is 5.97 Å². The van der Waals surface area contributed by atoms with Crippen LogP contribution in [0.1, 0.15) is 31.9 Å². The first-order valence-corrected chi connectivity index (χ1v) is 7.37. The number of aliphatic carboxylic acids is 1. The summed E-state index contributed by atoms with van der Waals surface area (Å²) >= 11 is 0. The molecule has 1 aliphatic heterocycles. The third-order valence-corrected chi connectivity index (χ3v) is 4.19. The van der Waals surface area contributed by atoms with Crippen LogP contribution in [0.15, 0.2) is 36.5 Å². The summed E-state index contributed by atoms with van der Waals surface area (Å²) in [4.78, 5) is 29.9. The molecule has 114 valence electrons. The van der Waals surface area contributed by atoms with Crippen molar-refractivity contribution in [2.75, 3.05) is 0 Å². The molecular weight excluding hydrogens is 280 g/mol. The molecule has 1 fully saturated rings. The molecular formula is C17H18N2O3. The zero-order chi connectivity index (χ0) is 15.9. The van der Waals surface area contributed by atoms with E-state index in [9.17, 15) is 14.7 Å². The number of carboxylic acid groups (broad SMARTS) is 1. The van der Waals surface area contributed by atoms with Crippen molar-refractivity contribution in [3.8, 4) is 0 Å². The molecule has 0 aliphatic carbocycles. The number of hydrogen-bond acceptors (Lipinski definition) is 3. The number of carbonyl (C=O) groups is 2. The van der Waals surface area contributed by atoms with Gasteiger partial charge in [0.25, 0.3) is 0 Å². The van der Waals surface area contributed by atoms with Gasteiger partial charge in [-0.2, -0.15) is 0 Å². The monoisotopic (exact) mass is 298 g/mol. The van der Waals surface area contributed by atoms with Crippen LogP contribution < -0.4 is 0 Å². The second-order valence-corrected chi connectivity index (χ2v) is 5.95. The van der Waals surface area contributed by atoms with Crippen molar-refractivity contribution in [3.05, 3.63) is 42.1 Å². The van der Waals surface area contributed by atoms with E-state index in [0.717, 1.165) is 16.5 Å². The van der Waals surface area contributed by atoms with Crippen molar-refractivity contribution in [3.63, 3.8) is 0 Å². The zero-order valence-corrected chi connectivity index (χ0v) is 12.6. The number of pyridine rings is 1. The standard InChI is InChI=1S/C17H18N2O3/c1-10(2)19-15(20)8-13(17(21)22)16(19)12-7-11-5-3-4-6-14(11)18-9-12/h3-7,9-10,13,16H,8H2,1-2H3,(H,21,22)/t13-,16-/m1/s1. The number of carboxylic acids is 1. The van der Waals surface area contributed by atoms with E-state index in [4.69, 9.17) is 0 Å². The zero-order valence-electron chi connectivity index (χ0n) is 12.6. The predicted molar refractivity (Wildman–Crippen MR) is 82.2 cm³/mol. The Morgan fingerprint density at radius 1 is 1.36 bits per heavy atom. The Morgan fingerprint density at radius 2 is 2.09 bits per heavy atom. The summed E-state index contributed by atoms with van der Waals surface area (Å²) in [6.45, 7) is 3.81. The summed E-state index contributed by atoms with van der Waals surface area (Å²) in [6.07, 6.45) is 1.74. The summed E-state index contributed by atoms with van der Waals surface area (Å²) in [5.74, 6) is -1.77. The van der Waals surface area contributed by atoms with Gasteiger partial charge in [-0.25, -0.2) is 0 Å². The third kappa shape index (κ3) is 2.32. The maximum absolute atomic E-state index is 12.2. The molecule has 0 saturated carbocycles. The molecule has 1 aromatic carbocycles. The first-order chi connectivity index (χ1) is 10.5. The van der Waals surface area contributed by atoms with Gasteiger partial charge in [-0.3, -0.25) is 14.6 Å².